The molecular formula is C12H18N2OS. The normalized spacial score (nSPS) is 25.9. The van der Waals surface area contributed by atoms with Gasteiger partial charge in [-0.1, -0.05) is 0 Å². The fourth-order valence-electron chi connectivity index (χ4n) is 2.42. The molecule has 0 saturated carbocycles. The summed E-state index contributed by atoms with van der Waals surface area (Å²) in [4.78, 5) is 6.23. The number of aryl methyl sites for hydroxylation is 1. The number of thiazole rings is 1. The van der Waals surface area contributed by atoms with Crippen LogP contribution >= 0.6 is 11.3 Å². The molecule has 1 unspecified atom stereocenters. The van der Waals surface area contributed by atoms with Crippen molar-refractivity contribution in [3.05, 3.63) is 15.6 Å². The van der Waals surface area contributed by atoms with E-state index in [0.29, 0.717) is 5.92 Å². The van der Waals surface area contributed by atoms with E-state index in [2.05, 4.69) is 12.2 Å². The van der Waals surface area contributed by atoms with Gasteiger partial charge in [-0.3, -0.25) is 0 Å². The molecule has 2 aliphatic heterocycles. The average Bonchev–Trinajstić information content (AvgIpc) is 2.80. The van der Waals surface area contributed by atoms with Crippen LogP contribution in [-0.4, -0.2) is 31.3 Å². The van der Waals surface area contributed by atoms with Crippen LogP contribution in [0.25, 0.3) is 0 Å². The van der Waals surface area contributed by atoms with Gasteiger partial charge in [-0.05, 0) is 32.4 Å². The summed E-state index contributed by atoms with van der Waals surface area (Å²) in [6.45, 7) is 6.31. The highest BCUT2D eigenvalue weighted by Crippen LogP contribution is 2.31. The Balaban J connectivity index is 1.72. The third-order valence-electron chi connectivity index (χ3n) is 3.52. The van der Waals surface area contributed by atoms with Crippen molar-refractivity contribution in [3.8, 4) is 0 Å². The molecule has 0 spiro atoms. The van der Waals surface area contributed by atoms with Crippen LogP contribution in [-0.2, 0) is 11.2 Å². The summed E-state index contributed by atoms with van der Waals surface area (Å²) in [7, 11) is 0. The molecule has 88 valence electrons. The van der Waals surface area contributed by atoms with Gasteiger partial charge in [-0.15, -0.1) is 11.3 Å². The Labute approximate surface area is 100 Å². The van der Waals surface area contributed by atoms with Gasteiger partial charge in [0.1, 0.15) is 0 Å². The van der Waals surface area contributed by atoms with Crippen LogP contribution in [0.3, 0.4) is 0 Å². The van der Waals surface area contributed by atoms with E-state index in [9.17, 15) is 0 Å². The van der Waals surface area contributed by atoms with E-state index in [0.717, 1.165) is 32.0 Å². The molecule has 0 amide bonds. The van der Waals surface area contributed by atoms with Crippen molar-refractivity contribution in [1.82, 2.24) is 10.3 Å². The van der Waals surface area contributed by atoms with Crippen molar-refractivity contribution < 1.29 is 4.74 Å². The first-order chi connectivity index (χ1) is 7.83. The van der Waals surface area contributed by atoms with Gasteiger partial charge in [0.05, 0.1) is 17.3 Å². The van der Waals surface area contributed by atoms with Gasteiger partial charge in [-0.2, -0.15) is 0 Å². The number of nitrogens with zero attached hydrogens (tertiary/aromatic N) is 1. The summed E-state index contributed by atoms with van der Waals surface area (Å²) in [6.07, 6.45) is 2.31. The van der Waals surface area contributed by atoms with Crippen molar-refractivity contribution in [1.29, 1.82) is 0 Å². The number of hydrogen-bond donors (Lipinski definition) is 1. The molecule has 2 fully saturated rings. The molecule has 0 radical (unpaired) electrons. The lowest BCUT2D eigenvalue weighted by atomic mass is 10.00. The van der Waals surface area contributed by atoms with Gasteiger partial charge >= 0.3 is 0 Å². The highest BCUT2D eigenvalue weighted by atomic mass is 32.1. The maximum Gasteiger partial charge on any atom is 0.0934 e. The minimum Gasteiger partial charge on any atom is -0.381 e. The fourth-order valence-corrected chi connectivity index (χ4v) is 3.55. The maximum atomic E-state index is 5.44. The van der Waals surface area contributed by atoms with Gasteiger partial charge in [0.15, 0.2) is 0 Å². The molecule has 4 heteroatoms. The zero-order valence-corrected chi connectivity index (χ0v) is 10.5. The lowest BCUT2D eigenvalue weighted by molar-refractivity contribution is 0.193. The van der Waals surface area contributed by atoms with Crippen LogP contribution in [0.1, 0.15) is 27.9 Å². The fraction of sp³-hybridized carbons (Fsp3) is 0.750. The van der Waals surface area contributed by atoms with Gasteiger partial charge in [0.2, 0.25) is 0 Å². The second-order valence-electron chi connectivity index (χ2n) is 4.84. The zero-order valence-electron chi connectivity index (χ0n) is 9.66. The van der Waals surface area contributed by atoms with Crippen molar-refractivity contribution >= 4 is 11.3 Å². The van der Waals surface area contributed by atoms with Crippen molar-refractivity contribution in [2.45, 2.75) is 25.7 Å². The number of nitrogens with one attached hydrogen (secondary N) is 1. The van der Waals surface area contributed by atoms with Gasteiger partial charge in [-0.25, -0.2) is 4.98 Å². The standard InChI is InChI=1S/C12H18N2OS/c1-8-12(10-2-3-15-7-10)14-11(16-8)4-9-5-13-6-9/h9-10,13H,2-7H2,1H3. The number of hydrogen-bond acceptors (Lipinski definition) is 4. The predicted octanol–water partition coefficient (Wildman–Crippen LogP) is 1.72. The average molecular weight is 238 g/mol. The summed E-state index contributed by atoms with van der Waals surface area (Å²) < 4.78 is 5.44. The van der Waals surface area contributed by atoms with Crippen LogP contribution in [0.15, 0.2) is 0 Å². The van der Waals surface area contributed by atoms with E-state index >= 15 is 0 Å². The number of rotatable bonds is 3. The summed E-state index contributed by atoms with van der Waals surface area (Å²) in [5, 5.41) is 4.64. The van der Waals surface area contributed by atoms with Crippen molar-refractivity contribution in [2.75, 3.05) is 26.3 Å². The molecule has 1 N–H and O–H groups in total. The SMILES string of the molecule is Cc1sc(CC2CNC2)nc1C1CCOC1. The van der Waals surface area contributed by atoms with E-state index in [1.807, 2.05) is 11.3 Å². The number of ether oxygens (including phenoxy) is 1. The molecule has 0 aliphatic carbocycles. The molecule has 3 heterocycles. The Morgan fingerprint density at radius 3 is 3.00 bits per heavy atom. The first-order valence-corrected chi connectivity index (χ1v) is 6.89. The number of aromatic nitrogens is 1. The first kappa shape index (κ1) is 10.7. The molecule has 16 heavy (non-hydrogen) atoms. The van der Waals surface area contributed by atoms with Crippen LogP contribution in [0.5, 0.6) is 0 Å². The predicted molar refractivity (Wildman–Crippen MR) is 65.1 cm³/mol. The summed E-state index contributed by atoms with van der Waals surface area (Å²) in [5.74, 6) is 1.38. The molecule has 0 aromatic carbocycles. The van der Waals surface area contributed by atoms with E-state index < -0.39 is 0 Å². The summed E-state index contributed by atoms with van der Waals surface area (Å²) >= 11 is 1.88. The molecule has 2 saturated heterocycles. The van der Waals surface area contributed by atoms with Gasteiger partial charge < -0.3 is 10.1 Å². The molecule has 1 aromatic heterocycles. The molecule has 1 aromatic rings. The monoisotopic (exact) mass is 238 g/mol. The highest BCUT2D eigenvalue weighted by Gasteiger charge is 2.24. The Kier molecular flexibility index (Phi) is 2.96. The summed E-state index contributed by atoms with van der Waals surface area (Å²) in [6, 6.07) is 0. The third kappa shape index (κ3) is 2.01. The Hall–Kier alpha value is -0.450. The Morgan fingerprint density at radius 1 is 1.50 bits per heavy atom. The quantitative estimate of drug-likeness (QED) is 0.870. The smallest absolute Gasteiger partial charge is 0.0934 e. The van der Waals surface area contributed by atoms with E-state index in [1.165, 1.54) is 28.7 Å². The second kappa shape index (κ2) is 4.43. The van der Waals surface area contributed by atoms with E-state index in [1.54, 1.807) is 0 Å². The maximum absolute atomic E-state index is 5.44. The van der Waals surface area contributed by atoms with Gasteiger partial charge in [0.25, 0.3) is 0 Å². The van der Waals surface area contributed by atoms with Crippen LogP contribution < -0.4 is 5.32 Å². The lowest BCUT2D eigenvalue weighted by Crippen LogP contribution is -2.43. The summed E-state index contributed by atoms with van der Waals surface area (Å²) in [5.41, 5.74) is 1.31. The lowest BCUT2D eigenvalue weighted by Gasteiger charge is -2.25. The molecule has 1 atom stereocenters. The topological polar surface area (TPSA) is 34.2 Å². The van der Waals surface area contributed by atoms with Gasteiger partial charge in [0, 0.05) is 23.8 Å². The van der Waals surface area contributed by atoms with Crippen LogP contribution in [0.2, 0.25) is 0 Å². The molecule has 2 aliphatic rings. The largest absolute Gasteiger partial charge is 0.381 e. The van der Waals surface area contributed by atoms with Crippen molar-refractivity contribution in [2.24, 2.45) is 5.92 Å². The van der Waals surface area contributed by atoms with E-state index in [-0.39, 0.29) is 0 Å². The van der Waals surface area contributed by atoms with Crippen LogP contribution in [0.4, 0.5) is 0 Å². The third-order valence-corrected chi connectivity index (χ3v) is 4.53. The van der Waals surface area contributed by atoms with E-state index in [4.69, 9.17) is 9.72 Å². The Bertz CT molecular complexity index is 367. The molecule has 3 nitrogen and oxygen atoms in total. The van der Waals surface area contributed by atoms with Crippen LogP contribution in [0, 0.1) is 12.8 Å². The Morgan fingerprint density at radius 2 is 2.38 bits per heavy atom. The molecular weight excluding hydrogens is 220 g/mol. The highest BCUT2D eigenvalue weighted by molar-refractivity contribution is 7.11. The second-order valence-corrected chi connectivity index (χ2v) is 6.13. The minimum absolute atomic E-state index is 0.560. The van der Waals surface area contributed by atoms with Crippen molar-refractivity contribution in [3.63, 3.8) is 0 Å². The zero-order chi connectivity index (χ0) is 11.0. The first-order valence-electron chi connectivity index (χ1n) is 6.07. The minimum atomic E-state index is 0.560. The molecule has 3 rings (SSSR count). The molecule has 0 bridgehead atoms.